The van der Waals surface area contributed by atoms with Gasteiger partial charge in [0.15, 0.2) is 0 Å². The van der Waals surface area contributed by atoms with Crippen molar-refractivity contribution >= 4 is 0 Å². The van der Waals surface area contributed by atoms with Crippen LogP contribution in [0.3, 0.4) is 0 Å². The van der Waals surface area contributed by atoms with Crippen molar-refractivity contribution in [1.82, 2.24) is 15.1 Å². The van der Waals surface area contributed by atoms with E-state index in [1.165, 1.54) is 37.7 Å². The van der Waals surface area contributed by atoms with Crippen LogP contribution >= 0.6 is 0 Å². The van der Waals surface area contributed by atoms with Crippen LogP contribution in [0.1, 0.15) is 65.4 Å². The van der Waals surface area contributed by atoms with Crippen LogP contribution in [0.4, 0.5) is 0 Å². The summed E-state index contributed by atoms with van der Waals surface area (Å²) >= 11 is 0. The summed E-state index contributed by atoms with van der Waals surface area (Å²) in [5.74, 6) is 0.974. The minimum absolute atomic E-state index is 0.0808. The van der Waals surface area contributed by atoms with Crippen molar-refractivity contribution < 1.29 is 0 Å². The molecular formula is C16H29N3. The summed E-state index contributed by atoms with van der Waals surface area (Å²) in [6.45, 7) is 9.83. The van der Waals surface area contributed by atoms with Gasteiger partial charge in [-0.1, -0.05) is 13.3 Å². The molecule has 3 heteroatoms. The second kappa shape index (κ2) is 6.08. The topological polar surface area (TPSA) is 29.9 Å². The largest absolute Gasteiger partial charge is 0.310 e. The summed E-state index contributed by atoms with van der Waals surface area (Å²) in [5.41, 5.74) is 1.38. The fourth-order valence-electron chi connectivity index (χ4n) is 2.86. The van der Waals surface area contributed by atoms with Crippen LogP contribution in [0.25, 0.3) is 0 Å². The van der Waals surface area contributed by atoms with Gasteiger partial charge < -0.3 is 5.32 Å². The monoisotopic (exact) mass is 263 g/mol. The summed E-state index contributed by atoms with van der Waals surface area (Å²) in [4.78, 5) is 0. The summed E-state index contributed by atoms with van der Waals surface area (Å²) in [6, 6.07) is 0.709. The standard InChI is InChI=1S/C16H29N3/c1-5-13-6-8-15(9-7-13)17-10-14-11-18-19(12-14)16(2,3)4/h11-13,15,17H,5-10H2,1-4H3. The molecule has 0 saturated heterocycles. The number of hydrogen-bond donors (Lipinski definition) is 1. The first kappa shape index (κ1) is 14.6. The first-order valence-electron chi connectivity index (χ1n) is 7.76. The molecule has 1 aromatic heterocycles. The van der Waals surface area contributed by atoms with E-state index in [4.69, 9.17) is 0 Å². The SMILES string of the molecule is CCC1CCC(NCc2cnn(C(C)(C)C)c2)CC1. The van der Waals surface area contributed by atoms with Crippen LogP contribution < -0.4 is 5.32 Å². The Labute approximate surface area is 117 Å². The van der Waals surface area contributed by atoms with E-state index in [2.05, 4.69) is 49.0 Å². The molecule has 0 unspecified atom stereocenters. The molecule has 1 N–H and O–H groups in total. The maximum Gasteiger partial charge on any atom is 0.0543 e. The van der Waals surface area contributed by atoms with Crippen LogP contribution in [0.15, 0.2) is 12.4 Å². The van der Waals surface area contributed by atoms with E-state index in [1.807, 2.05) is 6.20 Å². The van der Waals surface area contributed by atoms with Gasteiger partial charge >= 0.3 is 0 Å². The lowest BCUT2D eigenvalue weighted by molar-refractivity contribution is 0.285. The molecule has 1 fully saturated rings. The molecule has 0 radical (unpaired) electrons. The molecule has 1 heterocycles. The van der Waals surface area contributed by atoms with Crippen LogP contribution in [-0.2, 0) is 12.1 Å². The van der Waals surface area contributed by atoms with Crippen LogP contribution in [0.2, 0.25) is 0 Å². The number of nitrogens with zero attached hydrogens (tertiary/aromatic N) is 2. The van der Waals surface area contributed by atoms with E-state index in [0.717, 1.165) is 12.5 Å². The molecule has 0 atom stereocenters. The summed E-state index contributed by atoms with van der Waals surface area (Å²) in [6.07, 6.45) is 11.0. The Balaban J connectivity index is 1.78. The lowest BCUT2D eigenvalue weighted by atomic mass is 9.84. The molecule has 19 heavy (non-hydrogen) atoms. The minimum Gasteiger partial charge on any atom is -0.310 e. The fourth-order valence-corrected chi connectivity index (χ4v) is 2.86. The van der Waals surface area contributed by atoms with Gasteiger partial charge in [0.2, 0.25) is 0 Å². The van der Waals surface area contributed by atoms with Gasteiger partial charge in [0.25, 0.3) is 0 Å². The van der Waals surface area contributed by atoms with Crippen molar-refractivity contribution in [2.24, 2.45) is 5.92 Å². The molecular weight excluding hydrogens is 234 g/mol. The molecule has 1 saturated carbocycles. The average Bonchev–Trinajstić information content (AvgIpc) is 2.86. The van der Waals surface area contributed by atoms with Gasteiger partial charge in [0, 0.05) is 24.3 Å². The third-order valence-corrected chi connectivity index (χ3v) is 4.34. The molecule has 108 valence electrons. The van der Waals surface area contributed by atoms with Gasteiger partial charge in [-0.25, -0.2) is 0 Å². The van der Waals surface area contributed by atoms with E-state index >= 15 is 0 Å². The zero-order valence-electron chi connectivity index (χ0n) is 12.9. The number of hydrogen-bond acceptors (Lipinski definition) is 2. The van der Waals surface area contributed by atoms with Gasteiger partial charge in [0.1, 0.15) is 0 Å². The predicted molar refractivity (Wildman–Crippen MR) is 80.1 cm³/mol. The third kappa shape index (κ3) is 4.07. The molecule has 0 amide bonds. The smallest absolute Gasteiger partial charge is 0.0543 e. The Bertz CT molecular complexity index is 381. The van der Waals surface area contributed by atoms with Crippen molar-refractivity contribution in [3.05, 3.63) is 18.0 Å². The Morgan fingerprint density at radius 1 is 1.26 bits per heavy atom. The highest BCUT2D eigenvalue weighted by atomic mass is 15.3. The van der Waals surface area contributed by atoms with Gasteiger partial charge in [-0.05, 0) is 52.4 Å². The Morgan fingerprint density at radius 3 is 2.47 bits per heavy atom. The number of rotatable bonds is 4. The highest BCUT2D eigenvalue weighted by Crippen LogP contribution is 2.26. The molecule has 1 aliphatic carbocycles. The average molecular weight is 263 g/mol. The molecule has 1 aromatic rings. The van der Waals surface area contributed by atoms with E-state index < -0.39 is 0 Å². The molecule has 0 aromatic carbocycles. The maximum atomic E-state index is 4.45. The summed E-state index contributed by atoms with van der Waals surface area (Å²) in [7, 11) is 0. The third-order valence-electron chi connectivity index (χ3n) is 4.34. The first-order chi connectivity index (χ1) is 8.99. The molecule has 2 rings (SSSR count). The van der Waals surface area contributed by atoms with Gasteiger partial charge in [-0.2, -0.15) is 5.10 Å². The first-order valence-corrected chi connectivity index (χ1v) is 7.76. The Morgan fingerprint density at radius 2 is 1.95 bits per heavy atom. The lowest BCUT2D eigenvalue weighted by Gasteiger charge is -2.28. The minimum atomic E-state index is 0.0808. The Kier molecular flexibility index (Phi) is 4.67. The molecule has 1 aliphatic rings. The number of aromatic nitrogens is 2. The molecule has 0 spiro atoms. The van der Waals surface area contributed by atoms with Crippen LogP contribution in [0.5, 0.6) is 0 Å². The van der Waals surface area contributed by atoms with Gasteiger partial charge in [-0.3, -0.25) is 4.68 Å². The lowest BCUT2D eigenvalue weighted by Crippen LogP contribution is -2.32. The predicted octanol–water partition coefficient (Wildman–Crippen LogP) is 3.70. The van der Waals surface area contributed by atoms with Crippen molar-refractivity contribution in [3.63, 3.8) is 0 Å². The quantitative estimate of drug-likeness (QED) is 0.897. The molecule has 0 bridgehead atoms. The highest BCUT2D eigenvalue weighted by molar-refractivity contribution is 5.05. The van der Waals surface area contributed by atoms with E-state index in [1.54, 1.807) is 0 Å². The van der Waals surface area contributed by atoms with Crippen LogP contribution in [0, 0.1) is 5.92 Å². The van der Waals surface area contributed by atoms with Crippen molar-refractivity contribution in [1.29, 1.82) is 0 Å². The zero-order chi connectivity index (χ0) is 13.9. The van der Waals surface area contributed by atoms with E-state index in [-0.39, 0.29) is 5.54 Å². The normalized spacial score (nSPS) is 24.6. The molecule has 3 nitrogen and oxygen atoms in total. The van der Waals surface area contributed by atoms with E-state index in [0.29, 0.717) is 6.04 Å². The van der Waals surface area contributed by atoms with E-state index in [9.17, 15) is 0 Å². The summed E-state index contributed by atoms with van der Waals surface area (Å²) < 4.78 is 2.05. The van der Waals surface area contributed by atoms with Crippen LogP contribution in [-0.4, -0.2) is 15.8 Å². The molecule has 0 aliphatic heterocycles. The van der Waals surface area contributed by atoms with Crippen molar-refractivity contribution in [2.45, 2.75) is 77.9 Å². The zero-order valence-corrected chi connectivity index (χ0v) is 12.9. The van der Waals surface area contributed by atoms with Gasteiger partial charge in [0.05, 0.1) is 11.7 Å². The second-order valence-electron chi connectivity index (χ2n) is 6.97. The van der Waals surface area contributed by atoms with Gasteiger partial charge in [-0.15, -0.1) is 0 Å². The van der Waals surface area contributed by atoms with Crippen molar-refractivity contribution in [2.75, 3.05) is 0 Å². The Hall–Kier alpha value is -0.830. The second-order valence-corrected chi connectivity index (χ2v) is 6.97. The fraction of sp³-hybridized carbons (Fsp3) is 0.812. The maximum absolute atomic E-state index is 4.45. The van der Waals surface area contributed by atoms with Crippen molar-refractivity contribution in [3.8, 4) is 0 Å². The highest BCUT2D eigenvalue weighted by Gasteiger charge is 2.20. The number of nitrogens with one attached hydrogen (secondary N) is 1. The summed E-state index contributed by atoms with van der Waals surface area (Å²) in [5, 5.41) is 8.15.